The third-order valence-electron chi connectivity index (χ3n) is 11.8. The summed E-state index contributed by atoms with van der Waals surface area (Å²) in [7, 11) is 0. The number of hydrogen-bond donors (Lipinski definition) is 0. The predicted molar refractivity (Wildman–Crippen MR) is 219 cm³/mol. The van der Waals surface area contributed by atoms with Crippen LogP contribution in [-0.4, -0.2) is 4.98 Å². The van der Waals surface area contributed by atoms with Gasteiger partial charge in [-0.15, -0.1) is 11.3 Å². The maximum absolute atomic E-state index is 4.52. The largest absolute Gasteiger partial charge is 0.264 e. The number of aromatic nitrogens is 1. The highest BCUT2D eigenvalue weighted by atomic mass is 32.1. The Labute approximate surface area is 305 Å². The molecule has 2 heterocycles. The van der Waals surface area contributed by atoms with Gasteiger partial charge in [0.1, 0.15) is 0 Å². The van der Waals surface area contributed by atoms with Gasteiger partial charge in [0.25, 0.3) is 0 Å². The lowest BCUT2D eigenvalue weighted by Gasteiger charge is -2.31. The minimum atomic E-state index is -0.438. The topological polar surface area (TPSA) is 12.9 Å². The van der Waals surface area contributed by atoms with E-state index >= 15 is 0 Å². The van der Waals surface area contributed by atoms with Gasteiger partial charge < -0.3 is 0 Å². The second kappa shape index (κ2) is 10.4. The van der Waals surface area contributed by atoms with Gasteiger partial charge >= 0.3 is 0 Å². The standard InChI is InChI=1S/C50H29NS/c1-3-18-38-36(16-1)48(37-17-2-4-19-39(37)49(38)31-12-11-25-51-29-31)30-23-24-34-32-13-5-8-20-42(32)50(44(34)26-30)43-21-9-6-14-33(43)40-28-47-41(27-45(40)50)35-15-7-10-22-46(35)52-47/h1-29H. The molecule has 1 atom stereocenters. The molecule has 0 radical (unpaired) electrons. The number of nitrogens with zero attached hydrogens (tertiary/aromatic N) is 1. The summed E-state index contributed by atoms with van der Waals surface area (Å²) in [5.41, 5.74) is 15.3. The van der Waals surface area contributed by atoms with Crippen LogP contribution in [0.2, 0.25) is 0 Å². The summed E-state index contributed by atoms with van der Waals surface area (Å²) in [5, 5.41) is 7.67. The minimum Gasteiger partial charge on any atom is -0.264 e. The summed E-state index contributed by atoms with van der Waals surface area (Å²) >= 11 is 1.90. The predicted octanol–water partition coefficient (Wildman–Crippen LogP) is 13.4. The maximum Gasteiger partial charge on any atom is 0.0725 e. The molecule has 0 N–H and O–H groups in total. The van der Waals surface area contributed by atoms with Crippen molar-refractivity contribution in [3.8, 4) is 44.5 Å². The van der Waals surface area contributed by atoms with Crippen LogP contribution in [0.4, 0.5) is 0 Å². The fraction of sp³-hybridized carbons (Fsp3) is 0.0200. The Balaban J connectivity index is 1.21. The SMILES string of the molecule is c1cncc(-c2c3ccccc3c(-c3ccc4c(c3)C3(c5ccccc5-4)c4ccccc4-c4cc5sc6ccccc6c5cc43)c3ccccc23)c1. The molecule has 12 rings (SSSR count). The van der Waals surface area contributed by atoms with E-state index < -0.39 is 5.41 Å². The Morgan fingerprint density at radius 3 is 1.60 bits per heavy atom. The average molecular weight is 676 g/mol. The van der Waals surface area contributed by atoms with Crippen LogP contribution in [-0.2, 0) is 5.41 Å². The van der Waals surface area contributed by atoms with Crippen molar-refractivity contribution in [1.29, 1.82) is 0 Å². The Morgan fingerprint density at radius 2 is 0.923 bits per heavy atom. The van der Waals surface area contributed by atoms with E-state index in [2.05, 4.69) is 163 Å². The monoisotopic (exact) mass is 675 g/mol. The highest BCUT2D eigenvalue weighted by molar-refractivity contribution is 7.25. The van der Waals surface area contributed by atoms with Gasteiger partial charge in [-0.1, -0.05) is 133 Å². The molecule has 2 aromatic heterocycles. The fourth-order valence-electron chi connectivity index (χ4n) is 9.77. The van der Waals surface area contributed by atoms with Gasteiger partial charge in [0.2, 0.25) is 0 Å². The van der Waals surface area contributed by atoms with Crippen LogP contribution in [0.1, 0.15) is 22.3 Å². The minimum absolute atomic E-state index is 0.438. The highest BCUT2D eigenvalue weighted by Crippen LogP contribution is 2.64. The van der Waals surface area contributed by atoms with E-state index in [4.69, 9.17) is 0 Å². The van der Waals surface area contributed by atoms with E-state index in [1.165, 1.54) is 103 Å². The molecule has 1 nitrogen and oxygen atoms in total. The molecule has 1 spiro atoms. The van der Waals surface area contributed by atoms with Crippen molar-refractivity contribution >= 4 is 53.1 Å². The van der Waals surface area contributed by atoms with Crippen molar-refractivity contribution in [1.82, 2.24) is 4.98 Å². The van der Waals surface area contributed by atoms with E-state index in [9.17, 15) is 0 Å². The van der Waals surface area contributed by atoms with Crippen LogP contribution in [0.3, 0.4) is 0 Å². The van der Waals surface area contributed by atoms with Crippen LogP contribution in [0.15, 0.2) is 176 Å². The first kappa shape index (κ1) is 28.4. The first-order valence-electron chi connectivity index (χ1n) is 17.9. The molecule has 240 valence electrons. The second-order valence-electron chi connectivity index (χ2n) is 14.2. The number of pyridine rings is 1. The molecule has 0 bridgehead atoms. The van der Waals surface area contributed by atoms with Gasteiger partial charge in [0.15, 0.2) is 0 Å². The summed E-state index contributed by atoms with van der Waals surface area (Å²) in [6.45, 7) is 0. The summed E-state index contributed by atoms with van der Waals surface area (Å²) in [4.78, 5) is 4.52. The summed E-state index contributed by atoms with van der Waals surface area (Å²) in [6.07, 6.45) is 3.85. The normalized spacial score (nSPS) is 15.4. The zero-order chi connectivity index (χ0) is 34.0. The molecule has 8 aromatic carbocycles. The Hall–Kier alpha value is -6.35. The van der Waals surface area contributed by atoms with E-state index in [0.717, 1.165) is 5.56 Å². The smallest absolute Gasteiger partial charge is 0.0725 e. The lowest BCUT2D eigenvalue weighted by Crippen LogP contribution is -2.25. The fourth-order valence-corrected chi connectivity index (χ4v) is 10.9. The molecule has 2 aliphatic rings. The molecule has 52 heavy (non-hydrogen) atoms. The van der Waals surface area contributed by atoms with E-state index in [1.54, 1.807) is 0 Å². The maximum atomic E-state index is 4.52. The number of hydrogen-bond acceptors (Lipinski definition) is 2. The molecule has 0 aliphatic heterocycles. The number of thiophene rings is 1. The van der Waals surface area contributed by atoms with Crippen LogP contribution in [0.25, 0.3) is 86.2 Å². The third-order valence-corrected chi connectivity index (χ3v) is 12.9. The Kier molecular flexibility index (Phi) is 5.65. The number of rotatable bonds is 2. The molecule has 0 fully saturated rings. The first-order chi connectivity index (χ1) is 25.8. The van der Waals surface area contributed by atoms with Gasteiger partial charge in [0.05, 0.1) is 5.41 Å². The van der Waals surface area contributed by atoms with Gasteiger partial charge in [0, 0.05) is 38.1 Å². The van der Waals surface area contributed by atoms with Crippen molar-refractivity contribution in [2.75, 3.05) is 0 Å². The van der Waals surface area contributed by atoms with Gasteiger partial charge in [-0.25, -0.2) is 0 Å². The lowest BCUT2D eigenvalue weighted by atomic mass is 9.70. The van der Waals surface area contributed by atoms with Crippen molar-refractivity contribution in [2.45, 2.75) is 5.41 Å². The third kappa shape index (κ3) is 3.55. The summed E-state index contributed by atoms with van der Waals surface area (Å²) < 4.78 is 2.69. The quantitative estimate of drug-likeness (QED) is 0.166. The second-order valence-corrected chi connectivity index (χ2v) is 15.3. The molecular formula is C50H29NS. The molecule has 0 saturated carbocycles. The molecular weight excluding hydrogens is 647 g/mol. The molecule has 2 aliphatic carbocycles. The average Bonchev–Trinajstić information content (AvgIpc) is 3.82. The molecule has 0 saturated heterocycles. The molecule has 2 heteroatoms. The van der Waals surface area contributed by atoms with Gasteiger partial charge in [-0.2, -0.15) is 0 Å². The van der Waals surface area contributed by atoms with E-state index in [1.807, 2.05) is 29.8 Å². The van der Waals surface area contributed by atoms with Crippen molar-refractivity contribution in [3.05, 3.63) is 198 Å². The Morgan fingerprint density at radius 1 is 0.365 bits per heavy atom. The molecule has 0 amide bonds. The summed E-state index contributed by atoms with van der Waals surface area (Å²) in [6, 6.07) is 61.5. The zero-order valence-electron chi connectivity index (χ0n) is 28.1. The number of benzene rings is 8. The number of fused-ring (bicyclic) bond motifs is 15. The molecule has 10 aromatic rings. The van der Waals surface area contributed by atoms with Crippen molar-refractivity contribution in [2.24, 2.45) is 0 Å². The summed E-state index contributed by atoms with van der Waals surface area (Å²) in [5.74, 6) is 0. The van der Waals surface area contributed by atoms with Crippen molar-refractivity contribution in [3.63, 3.8) is 0 Å². The van der Waals surface area contributed by atoms with Crippen molar-refractivity contribution < 1.29 is 0 Å². The molecule has 1 unspecified atom stereocenters. The van der Waals surface area contributed by atoms with Crippen LogP contribution in [0.5, 0.6) is 0 Å². The first-order valence-corrected chi connectivity index (χ1v) is 18.8. The van der Waals surface area contributed by atoms with Crippen LogP contribution in [0, 0.1) is 0 Å². The van der Waals surface area contributed by atoms with Crippen LogP contribution >= 0.6 is 11.3 Å². The zero-order valence-corrected chi connectivity index (χ0v) is 28.9. The van der Waals surface area contributed by atoms with Gasteiger partial charge in [-0.3, -0.25) is 4.98 Å². The van der Waals surface area contributed by atoms with E-state index in [-0.39, 0.29) is 0 Å². The highest BCUT2D eigenvalue weighted by Gasteiger charge is 2.52. The van der Waals surface area contributed by atoms with E-state index in [0.29, 0.717) is 0 Å². The van der Waals surface area contributed by atoms with Gasteiger partial charge in [-0.05, 0) is 113 Å². The van der Waals surface area contributed by atoms with Crippen LogP contribution < -0.4 is 0 Å². The lowest BCUT2D eigenvalue weighted by molar-refractivity contribution is 0.795. The Bertz CT molecular complexity index is 3080.